The van der Waals surface area contributed by atoms with Crippen molar-refractivity contribution in [3.63, 3.8) is 0 Å². The zero-order valence-electron chi connectivity index (χ0n) is 17.5. The van der Waals surface area contributed by atoms with Gasteiger partial charge in [-0.15, -0.1) is 0 Å². The number of aliphatic hydroxyl groups excluding tert-OH is 2. The number of nitrogens with one attached hydrogen (secondary N) is 1. The van der Waals surface area contributed by atoms with Gasteiger partial charge >= 0.3 is 0 Å². The first-order valence-corrected chi connectivity index (χ1v) is 10.2. The van der Waals surface area contributed by atoms with Gasteiger partial charge in [0.05, 0.1) is 24.4 Å². The summed E-state index contributed by atoms with van der Waals surface area (Å²) in [6.07, 6.45) is -0.805. The summed E-state index contributed by atoms with van der Waals surface area (Å²) >= 11 is 12.7. The summed E-state index contributed by atoms with van der Waals surface area (Å²) in [4.78, 5) is 12.7. The normalized spacial score (nSPS) is 12.4. The molecule has 0 aliphatic carbocycles. The highest BCUT2D eigenvalue weighted by Gasteiger charge is 2.27. The van der Waals surface area contributed by atoms with E-state index in [-0.39, 0.29) is 24.1 Å². The molecule has 0 aromatic heterocycles. The number of hydrogen-bond acceptors (Lipinski definition) is 5. The number of carbonyl (C=O) groups excluding carboxylic acids is 1. The fourth-order valence-corrected chi connectivity index (χ4v) is 3.20. The number of ether oxygens (including phenoxy) is 2. The lowest BCUT2D eigenvalue weighted by Gasteiger charge is -2.24. The molecule has 30 heavy (non-hydrogen) atoms. The number of amides is 1. The lowest BCUT2D eigenvalue weighted by Crippen LogP contribution is -2.28. The van der Waals surface area contributed by atoms with Crippen LogP contribution in [0.15, 0.2) is 30.3 Å². The summed E-state index contributed by atoms with van der Waals surface area (Å²) in [7, 11) is 1.48. The van der Waals surface area contributed by atoms with Crippen LogP contribution in [0.4, 0.5) is 5.69 Å². The van der Waals surface area contributed by atoms with Gasteiger partial charge in [-0.3, -0.25) is 4.79 Å². The standard InChI is InChI=1S/C22H27Cl2NO5/c1-22(2,3)21(28)25-19-15(11-13(23)12-17(19)30-10-6-9-26)20(27)14-7-5-8-16(29-4)18(14)24/h5,7-8,11-12,20,26-27H,6,9-10H2,1-4H3,(H,25,28). The molecule has 0 aliphatic rings. The maximum absolute atomic E-state index is 12.7. The molecule has 0 saturated heterocycles. The van der Waals surface area contributed by atoms with E-state index in [1.165, 1.54) is 7.11 Å². The molecule has 0 radical (unpaired) electrons. The quantitative estimate of drug-likeness (QED) is 0.496. The van der Waals surface area contributed by atoms with Crippen molar-refractivity contribution in [2.24, 2.45) is 5.41 Å². The average molecular weight is 456 g/mol. The third-order valence-corrected chi connectivity index (χ3v) is 5.00. The fourth-order valence-electron chi connectivity index (χ4n) is 2.68. The van der Waals surface area contributed by atoms with Crippen LogP contribution in [0.3, 0.4) is 0 Å². The third kappa shape index (κ3) is 5.79. The first-order chi connectivity index (χ1) is 14.1. The Hall–Kier alpha value is -1.99. The molecular formula is C22H27Cl2NO5. The first-order valence-electron chi connectivity index (χ1n) is 9.49. The van der Waals surface area contributed by atoms with Gasteiger partial charge in [-0.1, -0.05) is 56.1 Å². The van der Waals surface area contributed by atoms with E-state index < -0.39 is 11.5 Å². The van der Waals surface area contributed by atoms with Crippen LogP contribution >= 0.6 is 23.2 Å². The average Bonchev–Trinajstić information content (AvgIpc) is 2.68. The van der Waals surface area contributed by atoms with Crippen LogP contribution in [0.25, 0.3) is 0 Å². The van der Waals surface area contributed by atoms with E-state index in [1.54, 1.807) is 51.1 Å². The molecule has 2 rings (SSSR count). The minimum atomic E-state index is -1.21. The molecule has 164 valence electrons. The van der Waals surface area contributed by atoms with E-state index in [2.05, 4.69) is 5.32 Å². The van der Waals surface area contributed by atoms with Crippen molar-refractivity contribution in [3.05, 3.63) is 51.5 Å². The van der Waals surface area contributed by atoms with Crippen molar-refractivity contribution < 1.29 is 24.5 Å². The van der Waals surface area contributed by atoms with Crippen LogP contribution in [-0.4, -0.2) is 36.4 Å². The Morgan fingerprint density at radius 1 is 1.17 bits per heavy atom. The summed E-state index contributed by atoms with van der Waals surface area (Å²) in [5.74, 6) is 0.443. The smallest absolute Gasteiger partial charge is 0.229 e. The van der Waals surface area contributed by atoms with Crippen LogP contribution in [0.1, 0.15) is 44.4 Å². The monoisotopic (exact) mass is 455 g/mol. The van der Waals surface area contributed by atoms with E-state index in [0.717, 1.165) is 0 Å². The third-order valence-electron chi connectivity index (χ3n) is 4.38. The highest BCUT2D eigenvalue weighted by atomic mass is 35.5. The Bertz CT molecular complexity index is 896. The minimum Gasteiger partial charge on any atom is -0.495 e. The molecule has 0 heterocycles. The van der Waals surface area contributed by atoms with Crippen molar-refractivity contribution in [1.82, 2.24) is 0 Å². The predicted molar refractivity (Wildman–Crippen MR) is 119 cm³/mol. The molecule has 0 fully saturated rings. The number of hydrogen-bond donors (Lipinski definition) is 3. The predicted octanol–water partition coefficient (Wildman–Crippen LogP) is 4.83. The Balaban J connectivity index is 2.60. The van der Waals surface area contributed by atoms with E-state index in [0.29, 0.717) is 39.8 Å². The van der Waals surface area contributed by atoms with Gasteiger partial charge in [0, 0.05) is 40.7 Å². The number of aliphatic hydroxyl groups is 2. The molecule has 0 saturated carbocycles. The van der Waals surface area contributed by atoms with Crippen molar-refractivity contribution >= 4 is 34.8 Å². The Morgan fingerprint density at radius 2 is 1.87 bits per heavy atom. The van der Waals surface area contributed by atoms with Gasteiger partial charge in [-0.2, -0.15) is 0 Å². The van der Waals surface area contributed by atoms with E-state index in [1.807, 2.05) is 0 Å². The van der Waals surface area contributed by atoms with Gasteiger partial charge in [-0.05, 0) is 12.1 Å². The highest BCUT2D eigenvalue weighted by Crippen LogP contribution is 2.42. The van der Waals surface area contributed by atoms with Crippen LogP contribution in [-0.2, 0) is 4.79 Å². The topological polar surface area (TPSA) is 88.0 Å². The molecule has 1 amide bonds. The van der Waals surface area contributed by atoms with Gasteiger partial charge in [-0.25, -0.2) is 0 Å². The van der Waals surface area contributed by atoms with Crippen molar-refractivity contribution in [2.45, 2.75) is 33.3 Å². The molecule has 1 unspecified atom stereocenters. The summed E-state index contributed by atoms with van der Waals surface area (Å²) in [5.41, 5.74) is 0.335. The van der Waals surface area contributed by atoms with E-state index >= 15 is 0 Å². The number of carbonyl (C=O) groups is 1. The number of rotatable bonds is 8. The van der Waals surface area contributed by atoms with Crippen molar-refractivity contribution in [3.8, 4) is 11.5 Å². The molecule has 0 aliphatic heterocycles. The molecule has 0 spiro atoms. The largest absolute Gasteiger partial charge is 0.495 e. The second-order valence-corrected chi connectivity index (χ2v) is 8.58. The molecule has 0 bridgehead atoms. The molecule has 3 N–H and O–H groups in total. The molecule has 6 nitrogen and oxygen atoms in total. The first kappa shape index (κ1) is 24.3. The SMILES string of the molecule is COc1cccc(C(O)c2cc(Cl)cc(OCCCO)c2NC(=O)C(C)(C)C)c1Cl. The van der Waals surface area contributed by atoms with Crippen LogP contribution in [0.2, 0.25) is 10.0 Å². The lowest BCUT2D eigenvalue weighted by atomic mass is 9.94. The van der Waals surface area contributed by atoms with Crippen LogP contribution in [0, 0.1) is 5.41 Å². The zero-order valence-corrected chi connectivity index (χ0v) is 19.0. The van der Waals surface area contributed by atoms with E-state index in [4.69, 9.17) is 37.8 Å². The zero-order chi connectivity index (χ0) is 22.5. The molecule has 1 atom stereocenters. The van der Waals surface area contributed by atoms with E-state index in [9.17, 15) is 9.90 Å². The number of anilines is 1. The summed E-state index contributed by atoms with van der Waals surface area (Å²) in [6, 6.07) is 8.17. The van der Waals surface area contributed by atoms with Gasteiger partial charge in [0.25, 0.3) is 0 Å². The van der Waals surface area contributed by atoms with Crippen LogP contribution < -0.4 is 14.8 Å². The van der Waals surface area contributed by atoms with Gasteiger partial charge in [0.15, 0.2) is 0 Å². The second kappa shape index (κ2) is 10.4. The maximum atomic E-state index is 12.7. The Morgan fingerprint density at radius 3 is 2.47 bits per heavy atom. The summed E-state index contributed by atoms with van der Waals surface area (Å²) in [5, 5.41) is 23.6. The highest BCUT2D eigenvalue weighted by molar-refractivity contribution is 6.33. The molecule has 2 aromatic rings. The Labute approximate surface area is 186 Å². The molecule has 8 heteroatoms. The van der Waals surface area contributed by atoms with Gasteiger partial charge < -0.3 is 25.0 Å². The van der Waals surface area contributed by atoms with Gasteiger partial charge in [0.1, 0.15) is 17.6 Å². The number of benzene rings is 2. The van der Waals surface area contributed by atoms with Crippen molar-refractivity contribution in [2.75, 3.05) is 25.6 Å². The molecule has 2 aromatic carbocycles. The number of halogens is 2. The summed E-state index contributed by atoms with van der Waals surface area (Å²) < 4.78 is 11.0. The minimum absolute atomic E-state index is 0.0425. The van der Waals surface area contributed by atoms with Gasteiger partial charge in [0.2, 0.25) is 5.91 Å². The summed E-state index contributed by atoms with van der Waals surface area (Å²) in [6.45, 7) is 5.50. The second-order valence-electron chi connectivity index (χ2n) is 7.76. The number of methoxy groups -OCH3 is 1. The Kier molecular flexibility index (Phi) is 8.38. The molecular weight excluding hydrogens is 429 g/mol. The fraction of sp³-hybridized carbons (Fsp3) is 0.409. The van der Waals surface area contributed by atoms with Crippen molar-refractivity contribution in [1.29, 1.82) is 0 Å². The maximum Gasteiger partial charge on any atom is 0.229 e. The van der Waals surface area contributed by atoms with Crippen LogP contribution in [0.5, 0.6) is 11.5 Å². The lowest BCUT2D eigenvalue weighted by molar-refractivity contribution is -0.123.